The Kier molecular flexibility index (Phi) is 2.48. The molecule has 2 rings (SSSR count). The normalized spacial score (nSPS) is 11.7. The van der Waals surface area contributed by atoms with Crippen LogP contribution in [0.25, 0.3) is 0 Å². The maximum absolute atomic E-state index is 4.32. The number of imidazole rings is 1. The highest BCUT2D eigenvalue weighted by Gasteiger charge is 2.24. The zero-order valence-electron chi connectivity index (χ0n) is 9.06. The molecule has 0 aliphatic rings. The van der Waals surface area contributed by atoms with Gasteiger partial charge in [-0.15, -0.1) is 11.3 Å². The molecular formula is C10H14N4S. The molecule has 2 heterocycles. The zero-order valence-corrected chi connectivity index (χ0v) is 9.88. The molecule has 0 aromatic carbocycles. The van der Waals surface area contributed by atoms with Gasteiger partial charge in [0.25, 0.3) is 0 Å². The number of thiazole rings is 1. The quantitative estimate of drug-likeness (QED) is 0.866. The lowest BCUT2D eigenvalue weighted by Crippen LogP contribution is -2.29. The van der Waals surface area contributed by atoms with Crippen LogP contribution in [0, 0.1) is 0 Å². The van der Waals surface area contributed by atoms with Crippen molar-refractivity contribution in [3.05, 3.63) is 29.0 Å². The summed E-state index contributed by atoms with van der Waals surface area (Å²) in [5.74, 6) is 0.857. The van der Waals surface area contributed by atoms with Gasteiger partial charge in [-0.05, 0) is 13.8 Å². The van der Waals surface area contributed by atoms with E-state index in [9.17, 15) is 0 Å². The maximum Gasteiger partial charge on any atom is 0.203 e. The summed E-state index contributed by atoms with van der Waals surface area (Å²) in [5, 5.41) is 6.41. The van der Waals surface area contributed by atoms with Gasteiger partial charge in [-0.2, -0.15) is 0 Å². The number of nitrogens with one attached hydrogen (secondary N) is 1. The van der Waals surface area contributed by atoms with Gasteiger partial charge in [0.15, 0.2) is 0 Å². The molecule has 0 radical (unpaired) electrons. The molecule has 0 aliphatic carbocycles. The van der Waals surface area contributed by atoms with E-state index in [4.69, 9.17) is 0 Å². The van der Waals surface area contributed by atoms with Gasteiger partial charge in [0.05, 0.1) is 5.54 Å². The minimum atomic E-state index is -0.187. The zero-order chi connectivity index (χ0) is 10.9. The van der Waals surface area contributed by atoms with E-state index in [1.807, 2.05) is 29.4 Å². The topological polar surface area (TPSA) is 42.7 Å². The Bertz CT molecular complexity index is 430. The monoisotopic (exact) mass is 222 g/mol. The minimum absolute atomic E-state index is 0.187. The van der Waals surface area contributed by atoms with E-state index in [-0.39, 0.29) is 5.54 Å². The molecule has 2 aromatic heterocycles. The van der Waals surface area contributed by atoms with Crippen molar-refractivity contribution in [1.29, 1.82) is 0 Å². The van der Waals surface area contributed by atoms with E-state index in [0.29, 0.717) is 0 Å². The Morgan fingerprint density at radius 3 is 2.67 bits per heavy atom. The Morgan fingerprint density at radius 2 is 2.13 bits per heavy atom. The van der Waals surface area contributed by atoms with Crippen LogP contribution in [0.4, 0.5) is 5.95 Å². The lowest BCUT2D eigenvalue weighted by atomic mass is 10.1. The number of nitrogens with zero attached hydrogens (tertiary/aromatic N) is 3. The van der Waals surface area contributed by atoms with Gasteiger partial charge in [-0.3, -0.25) is 0 Å². The minimum Gasteiger partial charge on any atom is -0.344 e. The second kappa shape index (κ2) is 3.66. The second-order valence-electron chi connectivity index (χ2n) is 3.95. The van der Waals surface area contributed by atoms with E-state index in [2.05, 4.69) is 29.1 Å². The van der Waals surface area contributed by atoms with Gasteiger partial charge in [0, 0.05) is 31.0 Å². The first-order chi connectivity index (χ1) is 7.09. The first kappa shape index (κ1) is 10.2. The number of aromatic nitrogens is 3. The molecule has 5 heteroatoms. The average molecular weight is 222 g/mol. The van der Waals surface area contributed by atoms with E-state index >= 15 is 0 Å². The summed E-state index contributed by atoms with van der Waals surface area (Å²) in [6.07, 6.45) is 5.52. The van der Waals surface area contributed by atoms with Crippen LogP contribution in [0.2, 0.25) is 0 Å². The van der Waals surface area contributed by atoms with Crippen LogP contribution in [0.3, 0.4) is 0 Å². The summed E-state index contributed by atoms with van der Waals surface area (Å²) in [7, 11) is 1.97. The smallest absolute Gasteiger partial charge is 0.203 e. The molecule has 0 bridgehead atoms. The lowest BCUT2D eigenvalue weighted by molar-refractivity contribution is 0.592. The van der Waals surface area contributed by atoms with Gasteiger partial charge in [0.1, 0.15) is 5.01 Å². The molecule has 1 N–H and O–H groups in total. The molecule has 2 aromatic rings. The Labute approximate surface area is 93.0 Å². The fourth-order valence-corrected chi connectivity index (χ4v) is 2.07. The van der Waals surface area contributed by atoms with Crippen molar-refractivity contribution in [2.75, 3.05) is 5.32 Å². The summed E-state index contributed by atoms with van der Waals surface area (Å²) in [6, 6.07) is 0. The van der Waals surface area contributed by atoms with Crippen molar-refractivity contribution in [3.8, 4) is 0 Å². The third-order valence-electron chi connectivity index (χ3n) is 2.21. The third kappa shape index (κ3) is 2.02. The fourth-order valence-electron chi connectivity index (χ4n) is 1.35. The molecule has 0 amide bonds. The first-order valence-electron chi connectivity index (χ1n) is 4.75. The highest BCUT2D eigenvalue weighted by atomic mass is 32.1. The standard InChI is InChI=1S/C10H14N4S/c1-10(2,8-11-5-7-15-8)13-9-12-4-6-14(9)3/h4-7H,1-3H3,(H,12,13). The van der Waals surface area contributed by atoms with Crippen molar-refractivity contribution in [2.45, 2.75) is 19.4 Å². The Balaban J connectivity index is 2.22. The summed E-state index contributed by atoms with van der Waals surface area (Å²) in [4.78, 5) is 8.56. The maximum atomic E-state index is 4.32. The summed E-state index contributed by atoms with van der Waals surface area (Å²) < 4.78 is 1.95. The predicted molar refractivity (Wildman–Crippen MR) is 62.0 cm³/mol. The molecular weight excluding hydrogens is 208 g/mol. The molecule has 0 aliphatic heterocycles. The van der Waals surface area contributed by atoms with Crippen molar-refractivity contribution >= 4 is 17.3 Å². The van der Waals surface area contributed by atoms with Gasteiger partial charge < -0.3 is 9.88 Å². The molecule has 15 heavy (non-hydrogen) atoms. The van der Waals surface area contributed by atoms with Crippen LogP contribution in [0.15, 0.2) is 24.0 Å². The molecule has 0 atom stereocenters. The molecule has 0 fully saturated rings. The summed E-state index contributed by atoms with van der Waals surface area (Å²) >= 11 is 1.65. The first-order valence-corrected chi connectivity index (χ1v) is 5.63. The lowest BCUT2D eigenvalue weighted by Gasteiger charge is -2.24. The molecule has 0 unspecified atom stereocenters. The van der Waals surface area contributed by atoms with Crippen LogP contribution in [0.1, 0.15) is 18.9 Å². The van der Waals surface area contributed by atoms with Crippen LogP contribution < -0.4 is 5.32 Å². The van der Waals surface area contributed by atoms with Gasteiger partial charge in [-0.25, -0.2) is 9.97 Å². The Hall–Kier alpha value is -1.36. The molecule has 0 saturated carbocycles. The van der Waals surface area contributed by atoms with Gasteiger partial charge in [0.2, 0.25) is 5.95 Å². The third-order valence-corrected chi connectivity index (χ3v) is 3.31. The van der Waals surface area contributed by atoms with Gasteiger partial charge >= 0.3 is 0 Å². The van der Waals surface area contributed by atoms with Crippen LogP contribution >= 0.6 is 11.3 Å². The second-order valence-corrected chi connectivity index (χ2v) is 4.84. The number of aryl methyl sites for hydroxylation is 1. The largest absolute Gasteiger partial charge is 0.344 e. The van der Waals surface area contributed by atoms with E-state index in [1.165, 1.54) is 0 Å². The van der Waals surface area contributed by atoms with Gasteiger partial charge in [-0.1, -0.05) is 0 Å². The van der Waals surface area contributed by atoms with E-state index in [1.54, 1.807) is 17.5 Å². The summed E-state index contributed by atoms with van der Waals surface area (Å²) in [6.45, 7) is 4.20. The van der Waals surface area contributed by atoms with Crippen LogP contribution in [-0.2, 0) is 12.6 Å². The SMILES string of the molecule is Cn1ccnc1NC(C)(C)c1nccs1. The van der Waals surface area contributed by atoms with Crippen molar-refractivity contribution in [3.63, 3.8) is 0 Å². The fraction of sp³-hybridized carbons (Fsp3) is 0.400. The van der Waals surface area contributed by atoms with Crippen molar-refractivity contribution in [1.82, 2.24) is 14.5 Å². The highest BCUT2D eigenvalue weighted by Crippen LogP contribution is 2.25. The van der Waals surface area contributed by atoms with Crippen LogP contribution in [-0.4, -0.2) is 14.5 Å². The number of hydrogen-bond donors (Lipinski definition) is 1. The van der Waals surface area contributed by atoms with E-state index < -0.39 is 0 Å². The average Bonchev–Trinajstić information content (AvgIpc) is 2.77. The predicted octanol–water partition coefficient (Wildman–Crippen LogP) is 2.22. The van der Waals surface area contributed by atoms with Crippen molar-refractivity contribution in [2.24, 2.45) is 7.05 Å². The van der Waals surface area contributed by atoms with E-state index in [0.717, 1.165) is 11.0 Å². The Morgan fingerprint density at radius 1 is 1.33 bits per heavy atom. The number of anilines is 1. The number of rotatable bonds is 3. The highest BCUT2D eigenvalue weighted by molar-refractivity contribution is 7.09. The number of hydrogen-bond acceptors (Lipinski definition) is 4. The molecule has 4 nitrogen and oxygen atoms in total. The van der Waals surface area contributed by atoms with Crippen molar-refractivity contribution < 1.29 is 0 Å². The summed E-state index contributed by atoms with van der Waals surface area (Å²) in [5.41, 5.74) is -0.187. The molecule has 80 valence electrons. The van der Waals surface area contributed by atoms with Crippen LogP contribution in [0.5, 0.6) is 0 Å². The molecule has 0 spiro atoms. The molecule has 0 saturated heterocycles.